The van der Waals surface area contributed by atoms with Crippen LogP contribution in [0.5, 0.6) is 0 Å². The van der Waals surface area contributed by atoms with Crippen LogP contribution in [0.15, 0.2) is 66.7 Å². The van der Waals surface area contributed by atoms with Crippen LogP contribution in [-0.4, -0.2) is 9.52 Å². The molecule has 0 spiro atoms. The predicted molar refractivity (Wildman–Crippen MR) is 144 cm³/mol. The van der Waals surface area contributed by atoms with Gasteiger partial charge in [-0.15, -0.1) is 34.5 Å². The predicted octanol–water partition coefficient (Wildman–Crippen LogP) is 2.69. The van der Waals surface area contributed by atoms with Gasteiger partial charge in [0, 0.05) is 9.52 Å². The fourth-order valence-electron chi connectivity index (χ4n) is 3.74. The molecule has 4 rings (SSSR count). The van der Waals surface area contributed by atoms with Gasteiger partial charge < -0.3 is 24.8 Å². The molecule has 0 aliphatic heterocycles. The largest absolute Gasteiger partial charge is 4.00 e. The molecular formula is C30H39Cl2SiZr. The van der Waals surface area contributed by atoms with Crippen LogP contribution >= 0.6 is 0 Å². The second-order valence-electron chi connectivity index (χ2n) is 9.64. The van der Waals surface area contributed by atoms with Gasteiger partial charge in [0.2, 0.25) is 0 Å². The molecule has 0 N–H and O–H groups in total. The second kappa shape index (κ2) is 15.9. The zero-order valence-corrected chi connectivity index (χ0v) is 27.3. The van der Waals surface area contributed by atoms with Gasteiger partial charge in [0.15, 0.2) is 0 Å². The van der Waals surface area contributed by atoms with Gasteiger partial charge in [0.05, 0.1) is 0 Å². The molecule has 0 aromatic heterocycles. The summed E-state index contributed by atoms with van der Waals surface area (Å²) in [6.07, 6.45) is 0. The van der Waals surface area contributed by atoms with E-state index in [1.807, 2.05) is 0 Å². The normalized spacial score (nSPS) is 9.91. The zero-order chi connectivity index (χ0) is 23.2. The first-order valence-corrected chi connectivity index (χ1v) is 13.6. The van der Waals surface area contributed by atoms with Crippen molar-refractivity contribution in [2.75, 3.05) is 0 Å². The maximum absolute atomic E-state index is 2.28. The standard InChI is InChI=1S/C20H21.C8H11.C2H7Si.2ClH.Zr/c1-14-12-16-6-5-7-18(19(16)13-14)15-8-10-17(11-9-15)20(2,3)4;1-6-4-7(2)8(3)5-6;1-3-2;;;/h5-13H,1-4H3;4-5H,1-3H3;3H,1-2H3;2*1H;/q2*-1;;;;+4/p-2. The molecule has 0 atom stereocenters. The summed E-state index contributed by atoms with van der Waals surface area (Å²) in [6, 6.07) is 24.5. The molecule has 1 radical (unpaired) electrons. The van der Waals surface area contributed by atoms with Gasteiger partial charge in [0.1, 0.15) is 0 Å². The van der Waals surface area contributed by atoms with E-state index in [1.54, 1.807) is 0 Å². The fraction of sp³-hybridized carbons (Fsp3) is 0.333. The van der Waals surface area contributed by atoms with Crippen molar-refractivity contribution in [1.29, 1.82) is 0 Å². The third-order valence-electron chi connectivity index (χ3n) is 5.47. The Hall–Kier alpha value is -0.920. The van der Waals surface area contributed by atoms with Crippen molar-refractivity contribution in [2.45, 2.75) is 67.0 Å². The Morgan fingerprint density at radius 3 is 1.74 bits per heavy atom. The number of fused-ring (bicyclic) bond motifs is 1. The first-order chi connectivity index (χ1) is 14.6. The molecule has 0 saturated carbocycles. The number of benzene rings is 2. The molecule has 0 saturated heterocycles. The first-order valence-electron chi connectivity index (χ1n) is 11.3. The third-order valence-corrected chi connectivity index (χ3v) is 5.47. The molecule has 0 aliphatic carbocycles. The molecule has 181 valence electrons. The minimum Gasteiger partial charge on any atom is -1.00 e. The van der Waals surface area contributed by atoms with Gasteiger partial charge in [-0.2, -0.15) is 34.9 Å². The van der Waals surface area contributed by atoms with E-state index in [1.165, 1.54) is 49.7 Å². The van der Waals surface area contributed by atoms with E-state index in [0.717, 1.165) is 9.52 Å². The maximum atomic E-state index is 2.28. The molecule has 4 heteroatoms. The number of aryl methyl sites for hydroxylation is 4. The van der Waals surface area contributed by atoms with Crippen LogP contribution < -0.4 is 24.8 Å². The van der Waals surface area contributed by atoms with Crippen LogP contribution in [-0.2, 0) is 31.6 Å². The summed E-state index contributed by atoms with van der Waals surface area (Å²) in [6.45, 7) is 19.7. The summed E-state index contributed by atoms with van der Waals surface area (Å²) in [5.74, 6) is 0. The monoisotopic (exact) mass is 587 g/mol. The average molecular weight is 590 g/mol. The van der Waals surface area contributed by atoms with Gasteiger partial charge in [-0.1, -0.05) is 97.5 Å². The van der Waals surface area contributed by atoms with Crippen molar-refractivity contribution in [3.8, 4) is 11.1 Å². The van der Waals surface area contributed by atoms with Crippen molar-refractivity contribution in [2.24, 2.45) is 0 Å². The van der Waals surface area contributed by atoms with E-state index in [2.05, 4.69) is 128 Å². The van der Waals surface area contributed by atoms with Gasteiger partial charge in [-0.05, 0) is 16.5 Å². The van der Waals surface area contributed by atoms with E-state index in [9.17, 15) is 0 Å². The van der Waals surface area contributed by atoms with E-state index in [-0.39, 0.29) is 56.4 Å². The molecule has 0 fully saturated rings. The smallest absolute Gasteiger partial charge is 1.00 e. The Morgan fingerprint density at radius 2 is 1.32 bits per heavy atom. The summed E-state index contributed by atoms with van der Waals surface area (Å²) in [7, 11) is 0.750. The number of hydrogen-bond donors (Lipinski definition) is 0. The minimum absolute atomic E-state index is 0. The molecule has 0 amide bonds. The van der Waals surface area contributed by atoms with Crippen LogP contribution in [0.3, 0.4) is 0 Å². The summed E-state index contributed by atoms with van der Waals surface area (Å²) in [5.41, 5.74) is 9.74. The second-order valence-corrected chi connectivity index (χ2v) is 10.8. The van der Waals surface area contributed by atoms with E-state index in [4.69, 9.17) is 0 Å². The van der Waals surface area contributed by atoms with Crippen molar-refractivity contribution in [1.82, 2.24) is 0 Å². The molecule has 34 heavy (non-hydrogen) atoms. The maximum Gasteiger partial charge on any atom is 4.00 e. The van der Waals surface area contributed by atoms with Crippen molar-refractivity contribution in [3.05, 3.63) is 94.5 Å². The summed E-state index contributed by atoms with van der Waals surface area (Å²) < 4.78 is 0. The minimum atomic E-state index is 0. The van der Waals surface area contributed by atoms with Crippen LogP contribution in [0.25, 0.3) is 21.9 Å². The van der Waals surface area contributed by atoms with E-state index in [0.29, 0.717) is 0 Å². The van der Waals surface area contributed by atoms with Crippen molar-refractivity contribution >= 4 is 20.3 Å². The fourth-order valence-corrected chi connectivity index (χ4v) is 3.74. The van der Waals surface area contributed by atoms with Gasteiger partial charge in [-0.3, -0.25) is 0 Å². The molecule has 0 bridgehead atoms. The summed E-state index contributed by atoms with van der Waals surface area (Å²) >= 11 is 0. The van der Waals surface area contributed by atoms with Crippen LogP contribution in [0.4, 0.5) is 0 Å². The van der Waals surface area contributed by atoms with Crippen molar-refractivity contribution < 1.29 is 51.0 Å². The average Bonchev–Trinajstić information content (AvgIpc) is 3.21. The molecule has 4 aromatic carbocycles. The summed E-state index contributed by atoms with van der Waals surface area (Å²) in [5, 5.41) is 2.69. The summed E-state index contributed by atoms with van der Waals surface area (Å²) in [4.78, 5) is 0. The van der Waals surface area contributed by atoms with E-state index < -0.39 is 0 Å². The van der Waals surface area contributed by atoms with Crippen molar-refractivity contribution in [3.63, 3.8) is 0 Å². The van der Waals surface area contributed by atoms with Crippen LogP contribution in [0.2, 0.25) is 13.1 Å². The Morgan fingerprint density at radius 1 is 0.824 bits per heavy atom. The number of hydrogen-bond acceptors (Lipinski definition) is 0. The van der Waals surface area contributed by atoms with Crippen LogP contribution in [0.1, 0.15) is 48.6 Å². The molecular weight excluding hydrogens is 551 g/mol. The molecule has 0 unspecified atom stereocenters. The van der Waals surface area contributed by atoms with Gasteiger partial charge in [0.25, 0.3) is 0 Å². The van der Waals surface area contributed by atoms with Gasteiger partial charge in [-0.25, -0.2) is 0 Å². The quantitative estimate of drug-likeness (QED) is 0.237. The zero-order valence-electron chi connectivity index (χ0n) is 22.2. The topological polar surface area (TPSA) is 0 Å². The molecule has 0 heterocycles. The number of halogens is 2. The van der Waals surface area contributed by atoms with E-state index >= 15 is 0 Å². The Bertz CT molecular complexity index is 1080. The molecule has 4 aromatic rings. The Balaban J connectivity index is 0. The molecule has 0 aliphatic rings. The molecule has 0 nitrogen and oxygen atoms in total. The third kappa shape index (κ3) is 9.98. The Labute approximate surface area is 242 Å². The van der Waals surface area contributed by atoms with Crippen LogP contribution in [0, 0.1) is 27.7 Å². The van der Waals surface area contributed by atoms with Gasteiger partial charge >= 0.3 is 26.2 Å². The Kier molecular flexibility index (Phi) is 16.5. The first kappa shape index (κ1) is 35.2. The SMILES string of the molecule is C[SiH]C.Cc1c[c-](C)cc1C.Cc1cc2c(-c3ccc(C(C)(C)C)cc3)cccc2[cH-]1.[Cl-].[Cl-].[Zr+4]. The number of rotatable bonds is 1.